The Morgan fingerprint density at radius 1 is 1.17 bits per heavy atom. The number of aryl methyl sites for hydroxylation is 1. The normalized spacial score (nSPS) is 11.8. The highest BCUT2D eigenvalue weighted by atomic mass is 35.5. The van der Waals surface area contributed by atoms with E-state index in [9.17, 15) is 14.0 Å². The number of carbonyl (C=O) groups excluding carboxylic acids is 2. The molecule has 1 unspecified atom stereocenters. The van der Waals surface area contributed by atoms with E-state index in [2.05, 4.69) is 10.4 Å². The lowest BCUT2D eigenvalue weighted by Crippen LogP contribution is -2.30. The Morgan fingerprint density at radius 3 is 2.53 bits per heavy atom. The summed E-state index contributed by atoms with van der Waals surface area (Å²) < 4.78 is 20.3. The van der Waals surface area contributed by atoms with Crippen LogP contribution in [-0.4, -0.2) is 27.8 Å². The van der Waals surface area contributed by atoms with Gasteiger partial charge in [0, 0.05) is 5.02 Å². The smallest absolute Gasteiger partial charge is 0.343 e. The minimum Gasteiger partial charge on any atom is -0.449 e. The van der Waals surface area contributed by atoms with E-state index in [-0.39, 0.29) is 22.9 Å². The molecule has 0 aliphatic heterocycles. The summed E-state index contributed by atoms with van der Waals surface area (Å²) in [5, 5.41) is 7.27. The van der Waals surface area contributed by atoms with Gasteiger partial charge in [-0.05, 0) is 37.6 Å². The fourth-order valence-electron chi connectivity index (χ4n) is 2.75. The summed E-state index contributed by atoms with van der Waals surface area (Å²) in [5.74, 6) is -2.08. The molecule has 0 aliphatic carbocycles. The van der Waals surface area contributed by atoms with Crippen LogP contribution in [0.3, 0.4) is 0 Å². The van der Waals surface area contributed by atoms with Gasteiger partial charge in [0.05, 0.1) is 17.9 Å². The second kappa shape index (κ2) is 9.28. The predicted octanol–water partition coefficient (Wildman–Crippen LogP) is 4.87. The summed E-state index contributed by atoms with van der Waals surface area (Å²) in [4.78, 5) is 24.9. The molecule has 1 N–H and O–H groups in total. The molecule has 0 spiro atoms. The van der Waals surface area contributed by atoms with Crippen molar-refractivity contribution in [2.45, 2.75) is 26.5 Å². The maximum absolute atomic E-state index is 13.7. The molecular formula is C21H18Cl2FN3O3. The molecule has 1 amide bonds. The summed E-state index contributed by atoms with van der Waals surface area (Å²) in [7, 11) is 0. The zero-order valence-corrected chi connectivity index (χ0v) is 17.7. The summed E-state index contributed by atoms with van der Waals surface area (Å²) in [5.41, 5.74) is 1.17. The molecule has 3 aromatic rings. The molecular weight excluding hydrogens is 432 g/mol. The number of carbonyl (C=O) groups is 2. The lowest BCUT2D eigenvalue weighted by atomic mass is 10.2. The van der Waals surface area contributed by atoms with Crippen molar-refractivity contribution in [2.75, 3.05) is 5.32 Å². The van der Waals surface area contributed by atoms with Gasteiger partial charge in [0.1, 0.15) is 16.5 Å². The summed E-state index contributed by atoms with van der Waals surface area (Å²) in [6.45, 7) is 3.25. The highest BCUT2D eigenvalue weighted by Gasteiger charge is 2.26. The number of esters is 1. The van der Waals surface area contributed by atoms with Gasteiger partial charge in [-0.3, -0.25) is 4.79 Å². The second-order valence-corrected chi connectivity index (χ2v) is 7.28. The average Bonchev–Trinajstić information content (AvgIpc) is 2.98. The van der Waals surface area contributed by atoms with E-state index in [1.165, 1.54) is 29.8 Å². The maximum atomic E-state index is 13.7. The van der Waals surface area contributed by atoms with Crippen molar-refractivity contribution >= 4 is 40.8 Å². The monoisotopic (exact) mass is 449 g/mol. The number of nitrogens with one attached hydrogen (secondary N) is 1. The molecule has 9 heteroatoms. The Kier molecular flexibility index (Phi) is 6.74. The number of para-hydroxylation sites is 1. The zero-order chi connectivity index (χ0) is 21.8. The number of hydrogen-bond acceptors (Lipinski definition) is 4. The van der Waals surface area contributed by atoms with Gasteiger partial charge in [-0.15, -0.1) is 0 Å². The molecule has 1 atom stereocenters. The number of amides is 1. The van der Waals surface area contributed by atoms with Crippen molar-refractivity contribution in [1.82, 2.24) is 9.78 Å². The van der Waals surface area contributed by atoms with E-state index in [4.69, 9.17) is 27.9 Å². The Morgan fingerprint density at radius 2 is 1.83 bits per heavy atom. The molecule has 30 heavy (non-hydrogen) atoms. The van der Waals surface area contributed by atoms with Gasteiger partial charge in [-0.25, -0.2) is 13.9 Å². The molecule has 156 valence electrons. The van der Waals surface area contributed by atoms with E-state index in [0.29, 0.717) is 10.7 Å². The second-order valence-electron chi connectivity index (χ2n) is 6.52. The van der Waals surface area contributed by atoms with E-state index >= 15 is 0 Å². The number of rotatable bonds is 6. The van der Waals surface area contributed by atoms with Crippen molar-refractivity contribution in [3.63, 3.8) is 0 Å². The highest BCUT2D eigenvalue weighted by molar-refractivity contribution is 6.33. The number of aromatic nitrogens is 2. The largest absolute Gasteiger partial charge is 0.449 e. The third-order valence-corrected chi connectivity index (χ3v) is 5.09. The van der Waals surface area contributed by atoms with Crippen LogP contribution >= 0.6 is 23.2 Å². The zero-order valence-electron chi connectivity index (χ0n) is 16.2. The van der Waals surface area contributed by atoms with E-state index < -0.39 is 23.8 Å². The average molecular weight is 450 g/mol. The number of anilines is 1. The van der Waals surface area contributed by atoms with Crippen molar-refractivity contribution in [2.24, 2.45) is 0 Å². The van der Waals surface area contributed by atoms with Crippen LogP contribution in [0.4, 0.5) is 10.1 Å². The van der Waals surface area contributed by atoms with Gasteiger partial charge in [0.15, 0.2) is 6.10 Å². The van der Waals surface area contributed by atoms with E-state index in [0.717, 1.165) is 5.56 Å². The molecule has 1 heterocycles. The molecule has 0 aliphatic rings. The van der Waals surface area contributed by atoms with Crippen LogP contribution in [0.1, 0.15) is 28.5 Å². The number of benzene rings is 2. The fraction of sp³-hybridized carbons (Fsp3) is 0.190. The van der Waals surface area contributed by atoms with Crippen LogP contribution in [0.5, 0.6) is 0 Å². The first-order valence-electron chi connectivity index (χ1n) is 9.00. The SMILES string of the molecule is Cc1nn(Cc2ccccc2Cl)c(Cl)c1C(=O)OC(C)C(=O)Nc1ccccc1F. The topological polar surface area (TPSA) is 73.2 Å². The Balaban J connectivity index is 1.72. The van der Waals surface area contributed by atoms with Crippen molar-refractivity contribution in [3.05, 3.63) is 81.3 Å². The molecule has 0 radical (unpaired) electrons. The minimum atomic E-state index is -1.18. The Hall–Kier alpha value is -2.90. The first kappa shape index (κ1) is 21.8. The van der Waals surface area contributed by atoms with Crippen molar-refractivity contribution < 1.29 is 18.7 Å². The van der Waals surface area contributed by atoms with Gasteiger partial charge in [-0.2, -0.15) is 5.10 Å². The fourth-order valence-corrected chi connectivity index (χ4v) is 3.25. The molecule has 0 saturated heterocycles. The maximum Gasteiger partial charge on any atom is 0.343 e. The lowest BCUT2D eigenvalue weighted by Gasteiger charge is -2.14. The molecule has 6 nitrogen and oxygen atoms in total. The van der Waals surface area contributed by atoms with Crippen molar-refractivity contribution in [3.8, 4) is 0 Å². The molecule has 0 saturated carbocycles. The first-order valence-corrected chi connectivity index (χ1v) is 9.76. The lowest BCUT2D eigenvalue weighted by molar-refractivity contribution is -0.123. The molecule has 0 fully saturated rings. The molecule has 0 bridgehead atoms. The van der Waals surface area contributed by atoms with Gasteiger partial charge < -0.3 is 10.1 Å². The third-order valence-electron chi connectivity index (χ3n) is 4.33. The third kappa shape index (κ3) is 4.80. The van der Waals surface area contributed by atoms with Gasteiger partial charge in [0.2, 0.25) is 0 Å². The summed E-state index contributed by atoms with van der Waals surface area (Å²) in [6.07, 6.45) is -1.18. The number of nitrogens with zero attached hydrogens (tertiary/aromatic N) is 2. The molecule has 2 aromatic carbocycles. The van der Waals surface area contributed by atoms with Crippen molar-refractivity contribution in [1.29, 1.82) is 0 Å². The van der Waals surface area contributed by atoms with Crippen LogP contribution in [-0.2, 0) is 16.1 Å². The Bertz CT molecular complexity index is 1100. The molecule has 1 aromatic heterocycles. The van der Waals surface area contributed by atoms with Crippen LogP contribution in [0.15, 0.2) is 48.5 Å². The van der Waals surface area contributed by atoms with Crippen LogP contribution < -0.4 is 5.32 Å². The highest BCUT2D eigenvalue weighted by Crippen LogP contribution is 2.24. The number of halogens is 3. The quantitative estimate of drug-likeness (QED) is 0.544. The van der Waals surface area contributed by atoms with E-state index in [1.54, 1.807) is 25.1 Å². The summed E-state index contributed by atoms with van der Waals surface area (Å²) >= 11 is 12.5. The Labute approximate surface area is 182 Å². The van der Waals surface area contributed by atoms with Crippen LogP contribution in [0.25, 0.3) is 0 Å². The van der Waals surface area contributed by atoms with E-state index in [1.807, 2.05) is 12.1 Å². The van der Waals surface area contributed by atoms with Crippen LogP contribution in [0, 0.1) is 12.7 Å². The number of ether oxygens (including phenoxy) is 1. The minimum absolute atomic E-state index is 0.00725. The van der Waals surface area contributed by atoms with Crippen LogP contribution in [0.2, 0.25) is 10.2 Å². The molecule has 3 rings (SSSR count). The van der Waals surface area contributed by atoms with Gasteiger partial charge in [-0.1, -0.05) is 53.5 Å². The summed E-state index contributed by atoms with van der Waals surface area (Å²) in [6, 6.07) is 12.9. The standard InChI is InChI=1S/C21H18Cl2FN3O3/c1-12-18(19(23)27(26-12)11-14-7-3-4-8-15(14)22)21(29)30-13(2)20(28)25-17-10-6-5-9-16(17)24/h3-10,13H,11H2,1-2H3,(H,25,28). The van der Waals surface area contributed by atoms with Gasteiger partial charge in [0.25, 0.3) is 5.91 Å². The number of hydrogen-bond donors (Lipinski definition) is 1. The first-order chi connectivity index (χ1) is 14.3. The predicted molar refractivity (Wildman–Crippen MR) is 112 cm³/mol. The van der Waals surface area contributed by atoms with Gasteiger partial charge >= 0.3 is 5.97 Å².